The molecular formula is C17H24N2O2S. The minimum Gasteiger partial charge on any atom is -0.354 e. The summed E-state index contributed by atoms with van der Waals surface area (Å²) in [6, 6.07) is 7.80. The van der Waals surface area contributed by atoms with Crippen LogP contribution in [0, 0.1) is 6.92 Å². The number of amides is 2. The molecule has 0 spiro atoms. The van der Waals surface area contributed by atoms with Crippen LogP contribution in [-0.2, 0) is 9.59 Å². The first kappa shape index (κ1) is 16.9. The highest BCUT2D eigenvalue weighted by Crippen LogP contribution is 2.41. The van der Waals surface area contributed by atoms with Crippen LogP contribution in [0.4, 0.5) is 0 Å². The number of benzene rings is 1. The molecule has 0 unspecified atom stereocenters. The Hall–Kier alpha value is -1.49. The van der Waals surface area contributed by atoms with E-state index < -0.39 is 0 Å². The number of nitrogens with zero attached hydrogens (tertiary/aromatic N) is 1. The molecule has 0 saturated carbocycles. The van der Waals surface area contributed by atoms with Crippen molar-refractivity contribution in [2.75, 3.05) is 12.3 Å². The van der Waals surface area contributed by atoms with E-state index in [1.165, 1.54) is 5.56 Å². The van der Waals surface area contributed by atoms with Crippen LogP contribution >= 0.6 is 11.8 Å². The molecule has 0 aliphatic carbocycles. The number of carbonyl (C=O) groups is 2. The molecule has 1 aliphatic rings. The van der Waals surface area contributed by atoms with Crippen molar-refractivity contribution in [3.8, 4) is 0 Å². The third-order valence-corrected chi connectivity index (χ3v) is 5.18. The Morgan fingerprint density at radius 1 is 1.32 bits per heavy atom. The number of thioether (sulfide) groups is 1. The minimum atomic E-state index is -0.370. The fourth-order valence-electron chi connectivity index (χ4n) is 2.59. The number of hydrogen-bond acceptors (Lipinski definition) is 3. The summed E-state index contributed by atoms with van der Waals surface area (Å²) in [5, 5.41) is 2.88. The quantitative estimate of drug-likeness (QED) is 0.849. The van der Waals surface area contributed by atoms with E-state index in [4.69, 9.17) is 0 Å². The third-order valence-electron chi connectivity index (χ3n) is 3.86. The number of unbranched alkanes of at least 4 members (excludes halogenated alkanes) is 1. The highest BCUT2D eigenvalue weighted by molar-refractivity contribution is 7.99. The number of rotatable bonds is 5. The Kier molecular flexibility index (Phi) is 5.89. The number of aryl methyl sites for hydroxylation is 1. The zero-order chi connectivity index (χ0) is 16.1. The summed E-state index contributed by atoms with van der Waals surface area (Å²) in [6.45, 7) is 6.35. The molecular weight excluding hydrogens is 296 g/mol. The molecule has 1 aromatic rings. The van der Waals surface area contributed by atoms with Gasteiger partial charge < -0.3 is 10.2 Å². The lowest BCUT2D eigenvalue weighted by atomic mass is 10.1. The van der Waals surface area contributed by atoms with E-state index in [-0.39, 0.29) is 23.2 Å². The molecule has 5 heteroatoms. The smallest absolute Gasteiger partial charge is 0.243 e. The third kappa shape index (κ3) is 3.83. The SMILES string of the molecule is CCCCNC(=O)[C@H]1CS[C@H](c2ccc(C)cc2)N1C(C)=O. The van der Waals surface area contributed by atoms with Gasteiger partial charge in [0.1, 0.15) is 11.4 Å². The van der Waals surface area contributed by atoms with Gasteiger partial charge in [0, 0.05) is 19.2 Å². The Morgan fingerprint density at radius 3 is 2.59 bits per heavy atom. The molecule has 0 radical (unpaired) electrons. The molecule has 2 atom stereocenters. The summed E-state index contributed by atoms with van der Waals surface area (Å²) in [6.07, 6.45) is 2.01. The zero-order valence-corrected chi connectivity index (χ0v) is 14.3. The summed E-state index contributed by atoms with van der Waals surface area (Å²) >= 11 is 1.66. The molecule has 120 valence electrons. The molecule has 1 aromatic carbocycles. The second-order valence-electron chi connectivity index (χ2n) is 5.68. The van der Waals surface area contributed by atoms with Crippen LogP contribution in [0.2, 0.25) is 0 Å². The monoisotopic (exact) mass is 320 g/mol. The summed E-state index contributed by atoms with van der Waals surface area (Å²) in [5.41, 5.74) is 2.27. The fourth-order valence-corrected chi connectivity index (χ4v) is 4.07. The van der Waals surface area contributed by atoms with E-state index in [2.05, 4.69) is 12.2 Å². The normalized spacial score (nSPS) is 21.0. The summed E-state index contributed by atoms with van der Waals surface area (Å²) < 4.78 is 0. The van der Waals surface area contributed by atoms with Gasteiger partial charge in [-0.2, -0.15) is 0 Å². The number of nitrogens with one attached hydrogen (secondary N) is 1. The summed E-state index contributed by atoms with van der Waals surface area (Å²) in [7, 11) is 0. The van der Waals surface area contributed by atoms with E-state index in [1.807, 2.05) is 31.2 Å². The maximum Gasteiger partial charge on any atom is 0.243 e. The second-order valence-corrected chi connectivity index (χ2v) is 6.80. The van der Waals surface area contributed by atoms with Crippen LogP contribution < -0.4 is 5.32 Å². The van der Waals surface area contributed by atoms with Crippen LogP contribution in [0.15, 0.2) is 24.3 Å². The molecule has 1 fully saturated rings. The van der Waals surface area contributed by atoms with Gasteiger partial charge in [0.25, 0.3) is 0 Å². The van der Waals surface area contributed by atoms with Crippen LogP contribution in [-0.4, -0.2) is 35.1 Å². The lowest BCUT2D eigenvalue weighted by Gasteiger charge is -2.28. The molecule has 1 heterocycles. The minimum absolute atomic E-state index is 0.0363. The van der Waals surface area contributed by atoms with Crippen molar-refractivity contribution in [3.63, 3.8) is 0 Å². The van der Waals surface area contributed by atoms with E-state index in [1.54, 1.807) is 23.6 Å². The van der Waals surface area contributed by atoms with Gasteiger partial charge in [0.2, 0.25) is 11.8 Å². The molecule has 2 amide bonds. The van der Waals surface area contributed by atoms with Crippen LogP contribution in [0.3, 0.4) is 0 Å². The molecule has 1 saturated heterocycles. The van der Waals surface area contributed by atoms with Crippen molar-refractivity contribution in [3.05, 3.63) is 35.4 Å². The average molecular weight is 320 g/mol. The molecule has 1 N–H and O–H groups in total. The van der Waals surface area contributed by atoms with E-state index in [0.29, 0.717) is 12.3 Å². The summed E-state index contributed by atoms with van der Waals surface area (Å²) in [5.74, 6) is 0.563. The second kappa shape index (κ2) is 7.68. The average Bonchev–Trinajstić information content (AvgIpc) is 2.93. The van der Waals surface area contributed by atoms with Crippen LogP contribution in [0.25, 0.3) is 0 Å². The van der Waals surface area contributed by atoms with Crippen LogP contribution in [0.1, 0.15) is 43.2 Å². The van der Waals surface area contributed by atoms with Gasteiger partial charge in [-0.1, -0.05) is 43.2 Å². The molecule has 1 aliphatic heterocycles. The van der Waals surface area contributed by atoms with Gasteiger partial charge in [-0.15, -0.1) is 11.8 Å². The predicted molar refractivity (Wildman–Crippen MR) is 90.6 cm³/mol. The molecule has 4 nitrogen and oxygen atoms in total. The molecule has 0 aromatic heterocycles. The topological polar surface area (TPSA) is 49.4 Å². The number of hydrogen-bond donors (Lipinski definition) is 1. The van der Waals surface area contributed by atoms with Gasteiger partial charge in [-0.3, -0.25) is 9.59 Å². The fraction of sp³-hybridized carbons (Fsp3) is 0.529. The molecule has 22 heavy (non-hydrogen) atoms. The lowest BCUT2D eigenvalue weighted by molar-refractivity contribution is -0.138. The Labute approximate surface area is 136 Å². The predicted octanol–water partition coefficient (Wildman–Crippen LogP) is 2.87. The van der Waals surface area contributed by atoms with Crippen molar-refractivity contribution in [2.45, 2.75) is 45.0 Å². The van der Waals surface area contributed by atoms with Crippen molar-refractivity contribution in [2.24, 2.45) is 0 Å². The van der Waals surface area contributed by atoms with E-state index in [0.717, 1.165) is 18.4 Å². The van der Waals surface area contributed by atoms with Crippen molar-refractivity contribution >= 4 is 23.6 Å². The standard InChI is InChI=1S/C17H24N2O2S/c1-4-5-10-18-16(21)15-11-22-17(19(15)13(3)20)14-8-6-12(2)7-9-14/h6-9,15,17H,4-5,10-11H2,1-3H3,(H,18,21)/t15-,17-/m1/s1. The zero-order valence-electron chi connectivity index (χ0n) is 13.5. The maximum atomic E-state index is 12.3. The Bertz CT molecular complexity index is 530. The highest BCUT2D eigenvalue weighted by atomic mass is 32.2. The van der Waals surface area contributed by atoms with Crippen molar-refractivity contribution in [1.29, 1.82) is 0 Å². The first-order valence-electron chi connectivity index (χ1n) is 7.79. The molecule has 0 bridgehead atoms. The summed E-state index contributed by atoms with van der Waals surface area (Å²) in [4.78, 5) is 26.1. The van der Waals surface area contributed by atoms with Gasteiger partial charge >= 0.3 is 0 Å². The Morgan fingerprint density at radius 2 is 2.00 bits per heavy atom. The van der Waals surface area contributed by atoms with Crippen LogP contribution in [0.5, 0.6) is 0 Å². The number of carbonyl (C=O) groups excluding carboxylic acids is 2. The molecule has 2 rings (SSSR count). The van der Waals surface area contributed by atoms with Gasteiger partial charge in [0.15, 0.2) is 0 Å². The van der Waals surface area contributed by atoms with Gasteiger partial charge in [0.05, 0.1) is 0 Å². The largest absolute Gasteiger partial charge is 0.354 e. The maximum absolute atomic E-state index is 12.3. The lowest BCUT2D eigenvalue weighted by Crippen LogP contribution is -2.47. The van der Waals surface area contributed by atoms with Crippen molar-refractivity contribution < 1.29 is 9.59 Å². The van der Waals surface area contributed by atoms with E-state index >= 15 is 0 Å². The van der Waals surface area contributed by atoms with E-state index in [9.17, 15) is 9.59 Å². The van der Waals surface area contributed by atoms with Gasteiger partial charge in [-0.05, 0) is 18.9 Å². The first-order chi connectivity index (χ1) is 10.5. The van der Waals surface area contributed by atoms with Crippen molar-refractivity contribution in [1.82, 2.24) is 10.2 Å². The first-order valence-corrected chi connectivity index (χ1v) is 8.84. The highest BCUT2D eigenvalue weighted by Gasteiger charge is 2.40. The Balaban J connectivity index is 2.12. The van der Waals surface area contributed by atoms with Gasteiger partial charge in [-0.25, -0.2) is 0 Å².